The van der Waals surface area contributed by atoms with Crippen LogP contribution < -0.4 is 14.9 Å². The molecule has 0 spiro atoms. The topological polar surface area (TPSA) is 105 Å². The zero-order valence-corrected chi connectivity index (χ0v) is 27.0. The highest BCUT2D eigenvalue weighted by Gasteiger charge is 2.33. The van der Waals surface area contributed by atoms with Crippen LogP contribution in [-0.4, -0.2) is 40.0 Å². The number of ether oxygens (including phenoxy) is 2. The van der Waals surface area contributed by atoms with Gasteiger partial charge >= 0.3 is 11.9 Å². The Kier molecular flexibility index (Phi) is 8.46. The summed E-state index contributed by atoms with van der Waals surface area (Å²) >= 11 is 4.73. The Labute approximate surface area is 270 Å². The van der Waals surface area contributed by atoms with E-state index in [2.05, 4.69) is 20.9 Å². The average Bonchev–Trinajstić information content (AvgIpc) is 3.61. The second kappa shape index (κ2) is 12.6. The van der Waals surface area contributed by atoms with Crippen LogP contribution in [0, 0.1) is 0 Å². The third kappa shape index (κ3) is 5.84. The SMILES string of the molecule is CCOC(=O)C1=C(C)N=c2sc(=Cc3cn(-c4ccccc4)nc3-c3ccc(Br)cc3)c(=O)n2C1c1ccc(C(=O)OC)cc1. The van der Waals surface area contributed by atoms with E-state index >= 15 is 0 Å². The van der Waals surface area contributed by atoms with Crippen molar-refractivity contribution in [1.29, 1.82) is 0 Å². The zero-order valence-electron chi connectivity index (χ0n) is 24.6. The Balaban J connectivity index is 1.54. The van der Waals surface area contributed by atoms with E-state index in [1.807, 2.05) is 66.9 Å². The molecule has 1 unspecified atom stereocenters. The number of hydrogen-bond acceptors (Lipinski definition) is 8. The number of thiazole rings is 1. The van der Waals surface area contributed by atoms with E-state index < -0.39 is 18.0 Å². The van der Waals surface area contributed by atoms with Gasteiger partial charge in [-0.1, -0.05) is 69.7 Å². The number of esters is 2. The summed E-state index contributed by atoms with van der Waals surface area (Å²) in [5, 5.41) is 4.88. The number of carbonyl (C=O) groups excluding carboxylic acids is 2. The first-order valence-corrected chi connectivity index (χ1v) is 15.7. The van der Waals surface area contributed by atoms with Gasteiger partial charge < -0.3 is 9.47 Å². The van der Waals surface area contributed by atoms with Gasteiger partial charge in [0.1, 0.15) is 0 Å². The Morgan fingerprint density at radius 2 is 1.71 bits per heavy atom. The lowest BCUT2D eigenvalue weighted by molar-refractivity contribution is -0.139. The first-order chi connectivity index (χ1) is 21.8. The van der Waals surface area contributed by atoms with Crippen molar-refractivity contribution in [2.45, 2.75) is 19.9 Å². The number of carbonyl (C=O) groups is 2. The van der Waals surface area contributed by atoms with Crippen molar-refractivity contribution in [2.24, 2.45) is 4.99 Å². The number of nitrogens with zero attached hydrogens (tertiary/aromatic N) is 4. The molecule has 0 radical (unpaired) electrons. The van der Waals surface area contributed by atoms with Crippen LogP contribution in [0.25, 0.3) is 23.0 Å². The third-order valence-corrected chi connectivity index (χ3v) is 8.84. The largest absolute Gasteiger partial charge is 0.465 e. The normalized spacial score (nSPS) is 14.6. The molecule has 0 saturated carbocycles. The molecule has 1 aliphatic rings. The average molecular weight is 684 g/mol. The maximum atomic E-state index is 14.2. The maximum absolute atomic E-state index is 14.2. The van der Waals surface area contributed by atoms with Gasteiger partial charge in [0.25, 0.3) is 5.56 Å². The summed E-state index contributed by atoms with van der Waals surface area (Å²) in [7, 11) is 1.31. The van der Waals surface area contributed by atoms with Gasteiger partial charge in [-0.05, 0) is 61.9 Å². The summed E-state index contributed by atoms with van der Waals surface area (Å²) in [6.07, 6.45) is 3.71. The highest BCUT2D eigenvalue weighted by Crippen LogP contribution is 2.31. The van der Waals surface area contributed by atoms with Crippen molar-refractivity contribution in [3.05, 3.63) is 137 Å². The van der Waals surface area contributed by atoms with Crippen molar-refractivity contribution in [2.75, 3.05) is 13.7 Å². The van der Waals surface area contributed by atoms with Crippen LogP contribution in [0.3, 0.4) is 0 Å². The standard InChI is InChI=1S/C34H27BrN4O5S/c1-4-44-33(42)28-20(2)36-34-39(30(28)22-10-12-23(13-11-22)32(41)43-3)31(40)27(45-34)18-24-19-38(26-8-6-5-7-9-26)37-29(24)21-14-16-25(35)17-15-21/h5-19,30H,4H2,1-3H3. The van der Waals surface area contributed by atoms with Crippen molar-refractivity contribution < 1.29 is 19.1 Å². The van der Waals surface area contributed by atoms with Gasteiger partial charge in [-0.2, -0.15) is 5.10 Å². The molecule has 226 valence electrons. The zero-order chi connectivity index (χ0) is 31.7. The van der Waals surface area contributed by atoms with Crippen molar-refractivity contribution in [3.63, 3.8) is 0 Å². The molecule has 5 aromatic rings. The van der Waals surface area contributed by atoms with Gasteiger partial charge in [-0.25, -0.2) is 19.3 Å². The molecule has 6 rings (SSSR count). The van der Waals surface area contributed by atoms with Crippen LogP contribution >= 0.6 is 27.3 Å². The molecule has 3 heterocycles. The number of aromatic nitrogens is 3. The summed E-state index contributed by atoms with van der Waals surface area (Å²) in [6, 6.07) is 23.4. The third-order valence-electron chi connectivity index (χ3n) is 7.33. The lowest BCUT2D eigenvalue weighted by Gasteiger charge is -2.24. The summed E-state index contributed by atoms with van der Waals surface area (Å²) in [5.41, 5.74) is 4.58. The van der Waals surface area contributed by atoms with Crippen molar-refractivity contribution >= 4 is 45.3 Å². The molecular formula is C34H27BrN4O5S. The first-order valence-electron chi connectivity index (χ1n) is 14.1. The van der Waals surface area contributed by atoms with Crippen molar-refractivity contribution in [1.82, 2.24) is 14.3 Å². The molecule has 0 amide bonds. The maximum Gasteiger partial charge on any atom is 0.338 e. The lowest BCUT2D eigenvalue weighted by Crippen LogP contribution is -2.40. The molecule has 0 N–H and O–H groups in total. The molecule has 0 bridgehead atoms. The Morgan fingerprint density at radius 1 is 1.00 bits per heavy atom. The van der Waals surface area contributed by atoms with E-state index in [4.69, 9.17) is 14.6 Å². The van der Waals surface area contributed by atoms with E-state index in [-0.39, 0.29) is 17.7 Å². The summed E-state index contributed by atoms with van der Waals surface area (Å²) < 4.78 is 14.9. The molecule has 2 aromatic heterocycles. The second-order valence-corrected chi connectivity index (χ2v) is 12.1. The Bertz CT molecular complexity index is 2130. The number of methoxy groups -OCH3 is 1. The van der Waals surface area contributed by atoms with Gasteiger partial charge in [-0.15, -0.1) is 0 Å². The molecule has 1 atom stereocenters. The first kappa shape index (κ1) is 30.2. The Hall–Kier alpha value is -4.87. The van der Waals surface area contributed by atoms with E-state index in [1.165, 1.54) is 23.0 Å². The summed E-state index contributed by atoms with van der Waals surface area (Å²) in [4.78, 5) is 44.7. The number of fused-ring (bicyclic) bond motifs is 1. The quantitative estimate of drug-likeness (QED) is 0.219. The fourth-order valence-corrected chi connectivity index (χ4v) is 6.51. The van der Waals surface area contributed by atoms with Gasteiger partial charge in [0.15, 0.2) is 4.80 Å². The fraction of sp³-hybridized carbons (Fsp3) is 0.147. The summed E-state index contributed by atoms with van der Waals surface area (Å²) in [5.74, 6) is -1.04. The number of halogens is 1. The highest BCUT2D eigenvalue weighted by atomic mass is 79.9. The molecule has 9 nitrogen and oxygen atoms in total. The minimum Gasteiger partial charge on any atom is -0.465 e. The van der Waals surface area contributed by atoms with Crippen molar-refractivity contribution in [3.8, 4) is 16.9 Å². The highest BCUT2D eigenvalue weighted by molar-refractivity contribution is 9.10. The van der Waals surface area contributed by atoms with Crippen LogP contribution in [0.5, 0.6) is 0 Å². The smallest absolute Gasteiger partial charge is 0.338 e. The number of para-hydroxylation sites is 1. The van der Waals surface area contributed by atoms with Crippen LogP contribution in [0.15, 0.2) is 111 Å². The Morgan fingerprint density at radius 3 is 2.38 bits per heavy atom. The number of hydrogen-bond donors (Lipinski definition) is 0. The van der Waals surface area contributed by atoms with Gasteiger partial charge in [0.2, 0.25) is 0 Å². The lowest BCUT2D eigenvalue weighted by atomic mass is 9.95. The molecule has 0 aliphatic carbocycles. The fourth-order valence-electron chi connectivity index (χ4n) is 5.21. The second-order valence-electron chi connectivity index (χ2n) is 10.1. The van der Waals surface area contributed by atoms with E-state index in [0.717, 1.165) is 21.3 Å². The molecule has 0 saturated heterocycles. The minimum absolute atomic E-state index is 0.165. The molecule has 1 aliphatic heterocycles. The van der Waals surface area contributed by atoms with Gasteiger partial charge in [0, 0.05) is 21.8 Å². The minimum atomic E-state index is -0.813. The van der Waals surface area contributed by atoms with Gasteiger partial charge in [0.05, 0.1) is 52.5 Å². The van der Waals surface area contributed by atoms with Crippen LogP contribution in [0.2, 0.25) is 0 Å². The molecule has 3 aromatic carbocycles. The number of benzene rings is 3. The van der Waals surface area contributed by atoms with Gasteiger partial charge in [-0.3, -0.25) is 9.36 Å². The van der Waals surface area contributed by atoms with E-state index in [9.17, 15) is 14.4 Å². The predicted molar refractivity (Wildman–Crippen MR) is 175 cm³/mol. The number of rotatable bonds is 7. The molecule has 11 heteroatoms. The number of allylic oxidation sites excluding steroid dienone is 1. The predicted octanol–water partition coefficient (Wildman–Crippen LogP) is 5.20. The van der Waals surface area contributed by atoms with Crippen LogP contribution in [-0.2, 0) is 14.3 Å². The van der Waals surface area contributed by atoms with E-state index in [0.29, 0.717) is 31.9 Å². The summed E-state index contributed by atoms with van der Waals surface area (Å²) in [6.45, 7) is 3.62. The molecule has 45 heavy (non-hydrogen) atoms. The molecular weight excluding hydrogens is 656 g/mol. The van der Waals surface area contributed by atoms with Crippen LogP contribution in [0.1, 0.15) is 41.4 Å². The monoisotopic (exact) mass is 682 g/mol. The van der Waals surface area contributed by atoms with Crippen LogP contribution in [0.4, 0.5) is 0 Å². The van der Waals surface area contributed by atoms with E-state index in [1.54, 1.807) is 42.8 Å². The molecule has 0 fully saturated rings.